The fourth-order valence-electron chi connectivity index (χ4n) is 4.59. The number of anilines is 1. The third-order valence-electron chi connectivity index (χ3n) is 6.04. The summed E-state index contributed by atoms with van der Waals surface area (Å²) in [6.07, 6.45) is 0.700. The van der Waals surface area contributed by atoms with Crippen LogP contribution in [0.4, 0.5) is 11.4 Å². The van der Waals surface area contributed by atoms with Gasteiger partial charge in [-0.1, -0.05) is 54.6 Å². The molecule has 2 heterocycles. The summed E-state index contributed by atoms with van der Waals surface area (Å²) in [7, 11) is 0. The number of nitro groups is 1. The van der Waals surface area contributed by atoms with E-state index in [0.29, 0.717) is 31.7 Å². The number of rotatable bonds is 3. The third kappa shape index (κ3) is 3.15. The predicted octanol–water partition coefficient (Wildman–Crippen LogP) is 4.38. The Balaban J connectivity index is 1.46. The van der Waals surface area contributed by atoms with Gasteiger partial charge in [0.25, 0.3) is 5.69 Å². The number of nitrogens with zero attached hydrogens (tertiary/aromatic N) is 3. The lowest BCUT2D eigenvalue weighted by atomic mass is 9.97. The van der Waals surface area contributed by atoms with Gasteiger partial charge in [-0.25, -0.2) is 0 Å². The quantitative estimate of drug-likeness (QED) is 0.484. The molecule has 0 spiro atoms. The van der Waals surface area contributed by atoms with Crippen molar-refractivity contribution in [3.63, 3.8) is 0 Å². The summed E-state index contributed by atoms with van der Waals surface area (Å²) in [6, 6.07) is 22.8. The summed E-state index contributed by atoms with van der Waals surface area (Å²) in [5, 5.41) is 11.1. The van der Waals surface area contributed by atoms with Gasteiger partial charge in [-0.15, -0.1) is 0 Å². The SMILES string of the molecule is O=C1C(N2Cc3ccccc3-c3ccccc3C2)CCN1c1cccc([N+](=O)[O-])c1. The molecule has 6 nitrogen and oxygen atoms in total. The lowest BCUT2D eigenvalue weighted by molar-refractivity contribution is -0.384. The van der Waals surface area contributed by atoms with Gasteiger partial charge < -0.3 is 4.90 Å². The fourth-order valence-corrected chi connectivity index (χ4v) is 4.59. The van der Waals surface area contributed by atoms with Crippen LogP contribution in [0, 0.1) is 10.1 Å². The topological polar surface area (TPSA) is 66.7 Å². The van der Waals surface area contributed by atoms with Crippen molar-refractivity contribution in [1.82, 2.24) is 4.90 Å². The van der Waals surface area contributed by atoms with Gasteiger partial charge in [0, 0.05) is 31.8 Å². The molecule has 3 aromatic rings. The van der Waals surface area contributed by atoms with Gasteiger partial charge in [-0.05, 0) is 34.7 Å². The average Bonchev–Trinajstić information content (AvgIpc) is 3.06. The number of hydrogen-bond acceptors (Lipinski definition) is 4. The maximum Gasteiger partial charge on any atom is 0.271 e. The second-order valence-corrected chi connectivity index (χ2v) is 7.79. The molecule has 1 saturated heterocycles. The fraction of sp³-hybridized carbons (Fsp3) is 0.208. The molecule has 2 aliphatic heterocycles. The first kappa shape index (κ1) is 18.5. The molecule has 30 heavy (non-hydrogen) atoms. The van der Waals surface area contributed by atoms with Gasteiger partial charge in [0.05, 0.1) is 16.7 Å². The van der Waals surface area contributed by atoms with Crippen LogP contribution in [0.2, 0.25) is 0 Å². The molecule has 150 valence electrons. The van der Waals surface area contributed by atoms with Gasteiger partial charge >= 0.3 is 0 Å². The molecule has 1 unspecified atom stereocenters. The first-order valence-corrected chi connectivity index (χ1v) is 10.1. The van der Waals surface area contributed by atoms with Crippen LogP contribution in [0.15, 0.2) is 72.8 Å². The number of carbonyl (C=O) groups excluding carboxylic acids is 1. The number of nitro benzene ring substituents is 1. The second-order valence-electron chi connectivity index (χ2n) is 7.79. The molecule has 1 amide bonds. The van der Waals surface area contributed by atoms with Crippen molar-refractivity contribution < 1.29 is 9.72 Å². The van der Waals surface area contributed by atoms with Gasteiger partial charge in [0.1, 0.15) is 0 Å². The first-order chi connectivity index (χ1) is 14.6. The van der Waals surface area contributed by atoms with Crippen LogP contribution in [0.5, 0.6) is 0 Å². The molecule has 0 aromatic heterocycles. The number of fused-ring (bicyclic) bond motifs is 3. The normalized spacial score (nSPS) is 18.6. The van der Waals surface area contributed by atoms with Crippen molar-refractivity contribution in [2.45, 2.75) is 25.6 Å². The average molecular weight is 399 g/mol. The highest BCUT2D eigenvalue weighted by atomic mass is 16.6. The number of benzene rings is 3. The van der Waals surface area contributed by atoms with Crippen molar-refractivity contribution in [1.29, 1.82) is 0 Å². The summed E-state index contributed by atoms with van der Waals surface area (Å²) in [4.78, 5) is 28.0. The maximum absolute atomic E-state index is 13.3. The highest BCUT2D eigenvalue weighted by molar-refractivity contribution is 5.99. The highest BCUT2D eigenvalue weighted by Gasteiger charge is 2.38. The van der Waals surface area contributed by atoms with Crippen molar-refractivity contribution >= 4 is 17.3 Å². The Morgan fingerprint density at radius 2 is 1.50 bits per heavy atom. The minimum absolute atomic E-state index is 0.00128. The van der Waals surface area contributed by atoms with Crippen LogP contribution in [0.25, 0.3) is 11.1 Å². The third-order valence-corrected chi connectivity index (χ3v) is 6.04. The molecule has 6 heteroatoms. The van der Waals surface area contributed by atoms with Crippen LogP contribution in [0.1, 0.15) is 17.5 Å². The Kier molecular flexibility index (Phi) is 4.56. The molecule has 0 radical (unpaired) electrons. The predicted molar refractivity (Wildman–Crippen MR) is 115 cm³/mol. The second kappa shape index (κ2) is 7.39. The van der Waals surface area contributed by atoms with E-state index in [1.165, 1.54) is 34.4 Å². The van der Waals surface area contributed by atoms with E-state index in [1.807, 2.05) is 12.1 Å². The Morgan fingerprint density at radius 3 is 2.13 bits per heavy atom. The zero-order chi connectivity index (χ0) is 20.7. The van der Waals surface area contributed by atoms with E-state index >= 15 is 0 Å². The van der Waals surface area contributed by atoms with Gasteiger partial charge in [0.2, 0.25) is 5.91 Å². The summed E-state index contributed by atoms with van der Waals surface area (Å²) >= 11 is 0. The maximum atomic E-state index is 13.3. The highest BCUT2D eigenvalue weighted by Crippen LogP contribution is 2.35. The molecule has 0 saturated carbocycles. The van der Waals surface area contributed by atoms with E-state index in [0.717, 1.165) is 0 Å². The van der Waals surface area contributed by atoms with E-state index in [2.05, 4.69) is 41.3 Å². The molecule has 1 atom stereocenters. The number of carbonyl (C=O) groups is 1. The minimum atomic E-state index is -0.426. The molecule has 0 bridgehead atoms. The van der Waals surface area contributed by atoms with E-state index in [-0.39, 0.29) is 17.6 Å². The zero-order valence-corrected chi connectivity index (χ0v) is 16.4. The molecular formula is C24H21N3O3. The summed E-state index contributed by atoms with van der Waals surface area (Å²) in [6.45, 7) is 1.96. The van der Waals surface area contributed by atoms with Crippen molar-refractivity contribution in [3.05, 3.63) is 94.0 Å². The first-order valence-electron chi connectivity index (χ1n) is 10.1. The molecule has 2 aliphatic rings. The Labute approximate surface area is 174 Å². The van der Waals surface area contributed by atoms with Crippen LogP contribution in [0.3, 0.4) is 0 Å². The number of non-ortho nitro benzene ring substituents is 1. The number of amides is 1. The van der Waals surface area contributed by atoms with E-state index in [9.17, 15) is 14.9 Å². The summed E-state index contributed by atoms with van der Waals surface area (Å²) in [5.74, 6) is 0.00682. The van der Waals surface area contributed by atoms with Crippen molar-refractivity contribution in [2.75, 3.05) is 11.4 Å². The Hall–Kier alpha value is -3.51. The van der Waals surface area contributed by atoms with E-state index < -0.39 is 4.92 Å². The minimum Gasteiger partial charge on any atom is -0.311 e. The van der Waals surface area contributed by atoms with Gasteiger partial charge in [0.15, 0.2) is 0 Å². The largest absolute Gasteiger partial charge is 0.311 e. The van der Waals surface area contributed by atoms with Crippen molar-refractivity contribution in [3.8, 4) is 11.1 Å². The van der Waals surface area contributed by atoms with Crippen LogP contribution >= 0.6 is 0 Å². The number of hydrogen-bond donors (Lipinski definition) is 0. The summed E-state index contributed by atoms with van der Waals surface area (Å²) < 4.78 is 0. The van der Waals surface area contributed by atoms with Crippen LogP contribution in [-0.4, -0.2) is 28.3 Å². The molecule has 5 rings (SSSR count). The van der Waals surface area contributed by atoms with Gasteiger partial charge in [-0.3, -0.25) is 19.8 Å². The van der Waals surface area contributed by atoms with Crippen molar-refractivity contribution in [2.24, 2.45) is 0 Å². The molecule has 0 aliphatic carbocycles. The molecule has 0 N–H and O–H groups in total. The van der Waals surface area contributed by atoms with E-state index in [4.69, 9.17) is 0 Å². The molecule has 3 aromatic carbocycles. The van der Waals surface area contributed by atoms with Gasteiger partial charge in [-0.2, -0.15) is 0 Å². The summed E-state index contributed by atoms with van der Waals surface area (Å²) in [5.41, 5.74) is 5.45. The van der Waals surface area contributed by atoms with Crippen LogP contribution < -0.4 is 4.90 Å². The molecule has 1 fully saturated rings. The Morgan fingerprint density at radius 1 is 0.867 bits per heavy atom. The van der Waals surface area contributed by atoms with Crippen LogP contribution in [-0.2, 0) is 17.9 Å². The smallest absolute Gasteiger partial charge is 0.271 e. The van der Waals surface area contributed by atoms with E-state index in [1.54, 1.807) is 17.0 Å². The Bertz CT molecular complexity index is 1100. The molecular weight excluding hydrogens is 378 g/mol. The zero-order valence-electron chi connectivity index (χ0n) is 16.4. The monoisotopic (exact) mass is 399 g/mol. The standard InChI is InChI=1S/C24H21N3O3/c28-24-23(12-13-26(24)19-8-5-9-20(14-19)27(29)30)25-15-17-6-1-3-10-21(17)22-11-4-2-7-18(22)16-25/h1-11,14,23H,12-13,15-16H2. The lowest BCUT2D eigenvalue weighted by Gasteiger charge is -2.27. The lowest BCUT2D eigenvalue weighted by Crippen LogP contribution is -2.41.